The molecule has 0 saturated carbocycles. The van der Waals surface area contributed by atoms with Crippen LogP contribution in [0.1, 0.15) is 22.7 Å². The average molecular weight is 549 g/mol. The standard InChI is InChI=1S/C26H17FN4O5S2/c27-18-11-9-16(10-12-18)22(32)20-21(17-7-4-8-19(13-17)31(35)36)30(24(34)23(20)33)25-28-29-26(38-25)37-14-15-5-2-1-3-6-15/h1-13,21,32H,14H2/b22-20-. The third-order valence-corrected chi connectivity index (χ3v) is 7.89. The highest BCUT2D eigenvalue weighted by Crippen LogP contribution is 2.44. The largest absolute Gasteiger partial charge is 0.507 e. The predicted octanol–water partition coefficient (Wildman–Crippen LogP) is 5.50. The quantitative estimate of drug-likeness (QED) is 0.0610. The molecule has 5 rings (SSSR count). The van der Waals surface area contributed by atoms with Crippen LogP contribution in [-0.2, 0) is 15.3 Å². The summed E-state index contributed by atoms with van der Waals surface area (Å²) in [4.78, 5) is 38.4. The molecule has 1 saturated heterocycles. The van der Waals surface area contributed by atoms with Crippen LogP contribution >= 0.6 is 23.1 Å². The van der Waals surface area contributed by atoms with E-state index in [-0.39, 0.29) is 27.5 Å². The molecule has 1 aliphatic rings. The zero-order valence-electron chi connectivity index (χ0n) is 19.4. The molecule has 0 radical (unpaired) electrons. The third kappa shape index (κ3) is 4.91. The molecule has 1 N–H and O–H groups in total. The molecule has 0 bridgehead atoms. The van der Waals surface area contributed by atoms with Crippen LogP contribution in [-0.4, -0.2) is 31.9 Å². The minimum atomic E-state index is -1.22. The number of rotatable bonds is 7. The van der Waals surface area contributed by atoms with E-state index < -0.39 is 34.2 Å². The summed E-state index contributed by atoms with van der Waals surface area (Å²) in [7, 11) is 0. The Morgan fingerprint density at radius 1 is 1.05 bits per heavy atom. The van der Waals surface area contributed by atoms with Gasteiger partial charge in [0.25, 0.3) is 11.5 Å². The molecule has 1 amide bonds. The smallest absolute Gasteiger partial charge is 0.301 e. The van der Waals surface area contributed by atoms with Crippen LogP contribution in [0.2, 0.25) is 0 Å². The number of anilines is 1. The Kier molecular flexibility index (Phi) is 6.99. The van der Waals surface area contributed by atoms with E-state index in [1.807, 2.05) is 30.3 Å². The van der Waals surface area contributed by atoms with Gasteiger partial charge >= 0.3 is 5.91 Å². The van der Waals surface area contributed by atoms with Crippen LogP contribution in [0, 0.1) is 15.9 Å². The van der Waals surface area contributed by atoms with E-state index in [1.54, 1.807) is 0 Å². The number of carbonyl (C=O) groups is 2. The first-order valence-electron chi connectivity index (χ1n) is 11.1. The maximum absolute atomic E-state index is 13.5. The van der Waals surface area contributed by atoms with Crippen LogP contribution in [0.3, 0.4) is 0 Å². The molecule has 1 atom stereocenters. The summed E-state index contributed by atoms with van der Waals surface area (Å²) in [6.07, 6.45) is 0. The average Bonchev–Trinajstić information content (AvgIpc) is 3.50. The predicted molar refractivity (Wildman–Crippen MR) is 140 cm³/mol. The highest BCUT2D eigenvalue weighted by atomic mass is 32.2. The number of carbonyl (C=O) groups excluding carboxylic acids is 2. The molecule has 3 aromatic carbocycles. The van der Waals surface area contributed by atoms with Crippen molar-refractivity contribution in [3.8, 4) is 0 Å². The molecule has 1 aromatic heterocycles. The summed E-state index contributed by atoms with van der Waals surface area (Å²) in [5.74, 6) is -2.46. The molecule has 1 aliphatic heterocycles. The number of aromatic nitrogens is 2. The first-order chi connectivity index (χ1) is 18.3. The Balaban J connectivity index is 1.58. The highest BCUT2D eigenvalue weighted by molar-refractivity contribution is 8.00. The van der Waals surface area contributed by atoms with Gasteiger partial charge in [0.15, 0.2) is 4.34 Å². The van der Waals surface area contributed by atoms with Crippen molar-refractivity contribution in [2.24, 2.45) is 0 Å². The number of aliphatic hydroxyl groups excluding tert-OH is 1. The van der Waals surface area contributed by atoms with Crippen molar-refractivity contribution in [2.75, 3.05) is 4.90 Å². The molecule has 1 unspecified atom stereocenters. The molecule has 9 nitrogen and oxygen atoms in total. The minimum absolute atomic E-state index is 0.0947. The van der Waals surface area contributed by atoms with Gasteiger partial charge in [-0.05, 0) is 35.4 Å². The van der Waals surface area contributed by atoms with Gasteiger partial charge in [0.2, 0.25) is 5.13 Å². The molecule has 4 aromatic rings. The second kappa shape index (κ2) is 10.5. The van der Waals surface area contributed by atoms with Crippen molar-refractivity contribution in [1.82, 2.24) is 10.2 Å². The number of nitro benzene ring substituents is 1. The SMILES string of the molecule is O=C1C(=O)N(c2nnc(SCc3ccccc3)s2)C(c2cccc([N+](=O)[O-])c2)/C1=C(/O)c1ccc(F)cc1. The summed E-state index contributed by atoms with van der Waals surface area (Å²) in [6, 6.07) is 18.6. The molecule has 0 aliphatic carbocycles. The molecule has 38 heavy (non-hydrogen) atoms. The first-order valence-corrected chi connectivity index (χ1v) is 12.9. The van der Waals surface area contributed by atoms with E-state index in [0.717, 1.165) is 33.9 Å². The number of hydrogen-bond acceptors (Lipinski definition) is 9. The molecule has 190 valence electrons. The Hall–Kier alpha value is -4.42. The number of halogens is 1. The van der Waals surface area contributed by atoms with Crippen molar-refractivity contribution < 1.29 is 24.0 Å². The van der Waals surface area contributed by atoms with Gasteiger partial charge in [-0.1, -0.05) is 65.6 Å². The van der Waals surface area contributed by atoms with Gasteiger partial charge < -0.3 is 5.11 Å². The molecular weight excluding hydrogens is 531 g/mol. The van der Waals surface area contributed by atoms with E-state index in [1.165, 1.54) is 48.2 Å². The second-order valence-corrected chi connectivity index (χ2v) is 10.3. The van der Waals surface area contributed by atoms with Gasteiger partial charge in [-0.2, -0.15) is 0 Å². The molecular formula is C26H17FN4O5S2. The van der Waals surface area contributed by atoms with Gasteiger partial charge in [-0.25, -0.2) is 4.39 Å². The lowest BCUT2D eigenvalue weighted by atomic mass is 9.95. The van der Waals surface area contributed by atoms with Crippen LogP contribution in [0.15, 0.2) is 88.8 Å². The Labute approximate surface area is 223 Å². The van der Waals surface area contributed by atoms with Gasteiger partial charge in [-0.15, -0.1) is 10.2 Å². The van der Waals surface area contributed by atoms with Crippen molar-refractivity contribution >= 4 is 51.4 Å². The highest BCUT2D eigenvalue weighted by Gasteiger charge is 2.48. The summed E-state index contributed by atoms with van der Waals surface area (Å²) < 4.78 is 14.0. The fourth-order valence-corrected chi connectivity index (χ4v) is 5.82. The molecule has 1 fully saturated rings. The number of hydrogen-bond donors (Lipinski definition) is 1. The number of Topliss-reactive ketones (excluding diaryl/α,β-unsaturated/α-hetero) is 1. The maximum atomic E-state index is 13.5. The lowest BCUT2D eigenvalue weighted by molar-refractivity contribution is -0.384. The van der Waals surface area contributed by atoms with E-state index in [0.29, 0.717) is 10.1 Å². The minimum Gasteiger partial charge on any atom is -0.507 e. The van der Waals surface area contributed by atoms with Crippen LogP contribution in [0.5, 0.6) is 0 Å². The zero-order chi connectivity index (χ0) is 26.8. The maximum Gasteiger partial charge on any atom is 0.301 e. The topological polar surface area (TPSA) is 127 Å². The number of ketones is 1. The molecule has 12 heteroatoms. The molecule has 2 heterocycles. The van der Waals surface area contributed by atoms with Gasteiger partial charge in [0.05, 0.1) is 16.5 Å². The Morgan fingerprint density at radius 3 is 2.50 bits per heavy atom. The van der Waals surface area contributed by atoms with E-state index in [2.05, 4.69) is 10.2 Å². The second-order valence-electron chi connectivity index (χ2n) is 8.15. The van der Waals surface area contributed by atoms with E-state index in [4.69, 9.17) is 0 Å². The number of nitro groups is 1. The number of aliphatic hydroxyl groups is 1. The number of thioether (sulfide) groups is 1. The Bertz CT molecular complexity index is 1570. The van der Waals surface area contributed by atoms with Crippen LogP contribution in [0.4, 0.5) is 15.2 Å². The number of nitrogens with zero attached hydrogens (tertiary/aromatic N) is 4. The van der Waals surface area contributed by atoms with Crippen LogP contribution in [0.25, 0.3) is 5.76 Å². The van der Waals surface area contributed by atoms with E-state index in [9.17, 15) is 29.2 Å². The van der Waals surface area contributed by atoms with Crippen molar-refractivity contribution in [3.05, 3.63) is 117 Å². The van der Waals surface area contributed by atoms with E-state index >= 15 is 0 Å². The fourth-order valence-electron chi connectivity index (χ4n) is 3.99. The summed E-state index contributed by atoms with van der Waals surface area (Å²) in [5, 5.41) is 30.9. The van der Waals surface area contributed by atoms with Crippen molar-refractivity contribution in [2.45, 2.75) is 16.1 Å². The number of amides is 1. The van der Waals surface area contributed by atoms with Crippen molar-refractivity contribution in [1.29, 1.82) is 0 Å². The number of non-ortho nitro benzene ring substituents is 1. The monoisotopic (exact) mass is 548 g/mol. The van der Waals surface area contributed by atoms with Gasteiger partial charge in [0, 0.05) is 23.4 Å². The lowest BCUT2D eigenvalue weighted by Gasteiger charge is -2.22. The first kappa shape index (κ1) is 25.2. The van der Waals surface area contributed by atoms with Crippen LogP contribution < -0.4 is 4.90 Å². The lowest BCUT2D eigenvalue weighted by Crippen LogP contribution is -2.29. The summed E-state index contributed by atoms with van der Waals surface area (Å²) in [5.41, 5.74) is 0.833. The number of benzene rings is 3. The van der Waals surface area contributed by atoms with Gasteiger partial charge in [0.1, 0.15) is 11.6 Å². The van der Waals surface area contributed by atoms with Crippen molar-refractivity contribution in [3.63, 3.8) is 0 Å². The summed E-state index contributed by atoms with van der Waals surface area (Å²) >= 11 is 2.48. The van der Waals surface area contributed by atoms with Gasteiger partial charge in [-0.3, -0.25) is 24.6 Å². The third-order valence-electron chi connectivity index (χ3n) is 5.77. The normalized spacial score (nSPS) is 16.7. The Morgan fingerprint density at radius 2 is 1.79 bits per heavy atom. The summed E-state index contributed by atoms with van der Waals surface area (Å²) in [6.45, 7) is 0. The fraction of sp³-hybridized carbons (Fsp3) is 0.0769. The zero-order valence-corrected chi connectivity index (χ0v) is 21.0. The molecule has 0 spiro atoms.